The number of hydrogen-bond acceptors (Lipinski definition) is 5. The Morgan fingerprint density at radius 3 is 2.36 bits per heavy atom. The van der Waals surface area contributed by atoms with Crippen LogP contribution >= 0.6 is 23.2 Å². The summed E-state index contributed by atoms with van der Waals surface area (Å²) in [7, 11) is 0. The smallest absolute Gasteiger partial charge is 0.270 e. The van der Waals surface area contributed by atoms with Crippen molar-refractivity contribution < 1.29 is 14.5 Å². The van der Waals surface area contributed by atoms with Crippen LogP contribution in [0.5, 0.6) is 5.75 Å². The molecule has 9 heteroatoms. The van der Waals surface area contributed by atoms with Crippen LogP contribution in [0.3, 0.4) is 0 Å². The minimum atomic E-state index is -0.537. The number of rotatable bonds is 6. The van der Waals surface area contributed by atoms with Crippen LogP contribution in [0.25, 0.3) is 0 Å². The number of amides is 1. The van der Waals surface area contributed by atoms with Crippen LogP contribution in [-0.4, -0.2) is 60.0 Å². The molecule has 7 nitrogen and oxygen atoms in total. The average molecular weight is 424 g/mol. The highest BCUT2D eigenvalue weighted by Crippen LogP contribution is 2.24. The van der Waals surface area contributed by atoms with Gasteiger partial charge in [-0.25, -0.2) is 0 Å². The van der Waals surface area contributed by atoms with Crippen LogP contribution in [0.1, 0.15) is 10.4 Å². The summed E-state index contributed by atoms with van der Waals surface area (Å²) in [5.41, 5.74) is 0.152. The van der Waals surface area contributed by atoms with E-state index in [1.165, 1.54) is 18.2 Å². The van der Waals surface area contributed by atoms with E-state index in [0.717, 1.165) is 25.4 Å². The predicted octanol–water partition coefficient (Wildman–Crippen LogP) is 3.74. The van der Waals surface area contributed by atoms with Gasteiger partial charge >= 0.3 is 0 Å². The maximum absolute atomic E-state index is 12.7. The molecule has 2 aromatic carbocycles. The second-order valence-corrected chi connectivity index (χ2v) is 7.20. The van der Waals surface area contributed by atoms with Crippen molar-refractivity contribution in [2.75, 3.05) is 39.3 Å². The summed E-state index contributed by atoms with van der Waals surface area (Å²) in [4.78, 5) is 26.8. The van der Waals surface area contributed by atoms with E-state index in [9.17, 15) is 14.9 Å². The first-order chi connectivity index (χ1) is 13.4. The Balaban J connectivity index is 1.47. The van der Waals surface area contributed by atoms with Gasteiger partial charge in [-0.2, -0.15) is 0 Å². The van der Waals surface area contributed by atoms with Gasteiger partial charge in [0.2, 0.25) is 0 Å². The van der Waals surface area contributed by atoms with Gasteiger partial charge in [0.15, 0.2) is 0 Å². The molecule has 0 unspecified atom stereocenters. The summed E-state index contributed by atoms with van der Waals surface area (Å²) < 4.78 is 5.70. The average Bonchev–Trinajstić information content (AvgIpc) is 2.69. The highest BCUT2D eigenvalue weighted by atomic mass is 35.5. The zero-order chi connectivity index (χ0) is 20.1. The number of benzene rings is 2. The van der Waals surface area contributed by atoms with Gasteiger partial charge in [0.05, 0.1) is 15.5 Å². The maximum atomic E-state index is 12.7. The highest BCUT2D eigenvalue weighted by molar-refractivity contribution is 6.34. The van der Waals surface area contributed by atoms with Crippen molar-refractivity contribution in [3.63, 3.8) is 0 Å². The molecule has 28 heavy (non-hydrogen) atoms. The zero-order valence-corrected chi connectivity index (χ0v) is 16.5. The lowest BCUT2D eigenvalue weighted by molar-refractivity contribution is -0.384. The highest BCUT2D eigenvalue weighted by Gasteiger charge is 2.24. The fourth-order valence-corrected chi connectivity index (χ4v) is 3.34. The minimum absolute atomic E-state index is 0.0954. The number of non-ortho nitro benzene ring substituents is 1. The molecule has 0 bridgehead atoms. The van der Waals surface area contributed by atoms with Crippen molar-refractivity contribution in [1.82, 2.24) is 9.80 Å². The van der Waals surface area contributed by atoms with Crippen LogP contribution < -0.4 is 4.74 Å². The minimum Gasteiger partial charge on any atom is -0.492 e. The van der Waals surface area contributed by atoms with E-state index in [1.54, 1.807) is 17.0 Å². The van der Waals surface area contributed by atoms with E-state index < -0.39 is 4.92 Å². The second kappa shape index (κ2) is 9.23. The Bertz CT molecular complexity index is 853. The van der Waals surface area contributed by atoms with Gasteiger partial charge in [-0.1, -0.05) is 23.2 Å². The van der Waals surface area contributed by atoms with E-state index in [4.69, 9.17) is 27.9 Å². The molecule has 1 heterocycles. The molecule has 1 fully saturated rings. The lowest BCUT2D eigenvalue weighted by atomic mass is 10.1. The monoisotopic (exact) mass is 423 g/mol. The van der Waals surface area contributed by atoms with Crippen molar-refractivity contribution in [1.29, 1.82) is 0 Å². The van der Waals surface area contributed by atoms with Crippen LogP contribution in [-0.2, 0) is 0 Å². The lowest BCUT2D eigenvalue weighted by Crippen LogP contribution is -2.49. The number of hydrogen-bond donors (Lipinski definition) is 0. The number of nitro benzene ring substituents is 1. The summed E-state index contributed by atoms with van der Waals surface area (Å²) in [6.07, 6.45) is 0. The van der Waals surface area contributed by atoms with Gasteiger partial charge in [-0.05, 0) is 30.3 Å². The molecule has 0 atom stereocenters. The number of nitrogens with zero attached hydrogens (tertiary/aromatic N) is 3. The maximum Gasteiger partial charge on any atom is 0.270 e. The lowest BCUT2D eigenvalue weighted by Gasteiger charge is -2.34. The zero-order valence-electron chi connectivity index (χ0n) is 15.0. The molecule has 0 radical (unpaired) electrons. The molecule has 1 aliphatic rings. The SMILES string of the molecule is O=C(c1ccc([N+](=O)[O-])cc1Cl)N1CCN(CCOc2ccc(Cl)cc2)CC1. The number of carbonyl (C=O) groups excluding carboxylic acids is 1. The summed E-state index contributed by atoms with van der Waals surface area (Å²) in [6.45, 7) is 3.87. The molecule has 2 aromatic rings. The fraction of sp³-hybridized carbons (Fsp3) is 0.316. The fourth-order valence-electron chi connectivity index (χ4n) is 2.96. The molecule has 1 aliphatic heterocycles. The normalized spacial score (nSPS) is 14.7. The number of halogens is 2. The van der Waals surface area contributed by atoms with Crippen molar-refractivity contribution in [3.8, 4) is 5.75 Å². The molecule has 0 N–H and O–H groups in total. The third-order valence-corrected chi connectivity index (χ3v) is 5.11. The molecular formula is C19H19Cl2N3O4. The summed E-state index contributed by atoms with van der Waals surface area (Å²) in [6, 6.07) is 11.1. The second-order valence-electron chi connectivity index (χ2n) is 6.36. The van der Waals surface area contributed by atoms with Crippen molar-refractivity contribution >= 4 is 34.8 Å². The number of piperazine rings is 1. The van der Waals surface area contributed by atoms with Gasteiger partial charge in [-0.3, -0.25) is 19.8 Å². The van der Waals surface area contributed by atoms with Crippen LogP contribution in [0.4, 0.5) is 5.69 Å². The molecule has 148 valence electrons. The van der Waals surface area contributed by atoms with Crippen molar-refractivity contribution in [2.24, 2.45) is 0 Å². The Morgan fingerprint density at radius 2 is 1.75 bits per heavy atom. The first-order valence-electron chi connectivity index (χ1n) is 8.78. The molecule has 0 saturated carbocycles. The van der Waals surface area contributed by atoms with E-state index in [2.05, 4.69) is 4.90 Å². The van der Waals surface area contributed by atoms with Gasteiger partial charge in [0, 0.05) is 49.9 Å². The molecule has 3 rings (SSSR count). The van der Waals surface area contributed by atoms with E-state index >= 15 is 0 Å². The molecule has 0 aromatic heterocycles. The number of nitro groups is 1. The molecule has 0 aliphatic carbocycles. The summed E-state index contributed by atoms with van der Waals surface area (Å²) in [5, 5.41) is 11.6. The van der Waals surface area contributed by atoms with Crippen LogP contribution in [0.15, 0.2) is 42.5 Å². The number of ether oxygens (including phenoxy) is 1. The van der Waals surface area contributed by atoms with E-state index in [0.29, 0.717) is 24.7 Å². The van der Waals surface area contributed by atoms with Crippen LogP contribution in [0.2, 0.25) is 10.0 Å². The molecule has 1 amide bonds. The van der Waals surface area contributed by atoms with Crippen molar-refractivity contribution in [2.45, 2.75) is 0 Å². The Morgan fingerprint density at radius 1 is 1.07 bits per heavy atom. The topological polar surface area (TPSA) is 75.9 Å². The van der Waals surface area contributed by atoms with Gasteiger partial charge in [0.25, 0.3) is 11.6 Å². The quantitative estimate of drug-likeness (QED) is 0.522. The first kappa shape index (κ1) is 20.4. The Labute approximate surface area is 172 Å². The van der Waals surface area contributed by atoms with Gasteiger partial charge < -0.3 is 9.64 Å². The molecular weight excluding hydrogens is 405 g/mol. The molecule has 0 spiro atoms. The molecule has 1 saturated heterocycles. The van der Waals surface area contributed by atoms with Crippen molar-refractivity contribution in [3.05, 3.63) is 68.2 Å². The predicted molar refractivity (Wildman–Crippen MR) is 107 cm³/mol. The first-order valence-corrected chi connectivity index (χ1v) is 9.53. The third kappa shape index (κ3) is 5.13. The van der Waals surface area contributed by atoms with Gasteiger partial charge in [0.1, 0.15) is 12.4 Å². The van der Waals surface area contributed by atoms with E-state index in [-0.39, 0.29) is 22.2 Å². The van der Waals surface area contributed by atoms with Gasteiger partial charge in [-0.15, -0.1) is 0 Å². The number of carbonyl (C=O) groups is 1. The Kier molecular flexibility index (Phi) is 6.72. The largest absolute Gasteiger partial charge is 0.492 e. The standard InChI is InChI=1S/C19H19Cl2N3O4/c20-14-1-4-16(5-2-14)28-12-11-22-7-9-23(10-8-22)19(25)17-6-3-15(24(26)27)13-18(17)21/h1-6,13H,7-12H2. The van der Waals surface area contributed by atoms with Crippen LogP contribution in [0, 0.1) is 10.1 Å². The van der Waals surface area contributed by atoms with E-state index in [1.807, 2.05) is 12.1 Å². The summed E-state index contributed by atoms with van der Waals surface area (Å²) >= 11 is 11.9. The summed E-state index contributed by atoms with van der Waals surface area (Å²) in [5.74, 6) is 0.558. The third-order valence-electron chi connectivity index (χ3n) is 4.54. The Hall–Kier alpha value is -2.35.